The summed E-state index contributed by atoms with van der Waals surface area (Å²) in [6.07, 6.45) is 0. The number of likely N-dealkylation sites (N-methyl/N-ethyl adjacent to an activating group) is 1. The van der Waals surface area contributed by atoms with E-state index < -0.39 is 17.7 Å². The Hall–Kier alpha value is -4.26. The van der Waals surface area contributed by atoms with Gasteiger partial charge < -0.3 is 19.5 Å². The summed E-state index contributed by atoms with van der Waals surface area (Å²) in [5.74, 6) is -0.476. The van der Waals surface area contributed by atoms with Crippen LogP contribution in [0.5, 0.6) is 11.5 Å². The fourth-order valence-corrected chi connectivity index (χ4v) is 5.06. The molecular formula is C31H32N2O5. The minimum Gasteiger partial charge on any atom is -0.507 e. The van der Waals surface area contributed by atoms with E-state index in [1.165, 1.54) is 4.90 Å². The molecule has 1 unspecified atom stereocenters. The number of ether oxygens (including phenoxy) is 2. The van der Waals surface area contributed by atoms with Gasteiger partial charge in [0.15, 0.2) is 0 Å². The van der Waals surface area contributed by atoms with E-state index in [1.54, 1.807) is 31.4 Å². The molecule has 0 bridgehead atoms. The lowest BCUT2D eigenvalue weighted by Crippen LogP contribution is -2.29. The number of ketones is 1. The van der Waals surface area contributed by atoms with Crippen LogP contribution in [-0.4, -0.2) is 44.1 Å². The van der Waals surface area contributed by atoms with Gasteiger partial charge in [0.05, 0.1) is 31.0 Å². The molecular weight excluding hydrogens is 480 g/mol. The van der Waals surface area contributed by atoms with Gasteiger partial charge in [-0.1, -0.05) is 51.1 Å². The predicted octanol–water partition coefficient (Wildman–Crippen LogP) is 5.45. The zero-order valence-electron chi connectivity index (χ0n) is 22.3. The van der Waals surface area contributed by atoms with Crippen LogP contribution in [-0.2, 0) is 15.0 Å². The molecule has 1 amide bonds. The molecule has 5 rings (SSSR count). The van der Waals surface area contributed by atoms with Gasteiger partial charge in [0, 0.05) is 23.9 Å². The maximum atomic E-state index is 13.6. The Labute approximate surface area is 222 Å². The zero-order valence-corrected chi connectivity index (χ0v) is 22.3. The van der Waals surface area contributed by atoms with Gasteiger partial charge >= 0.3 is 0 Å². The maximum absolute atomic E-state index is 13.6. The number of carbonyl (C=O) groups excluding carboxylic acids is 2. The second-order valence-corrected chi connectivity index (χ2v) is 10.7. The molecule has 38 heavy (non-hydrogen) atoms. The molecule has 196 valence electrons. The van der Waals surface area contributed by atoms with Crippen LogP contribution in [0.1, 0.15) is 43.5 Å². The quantitative estimate of drug-likeness (QED) is 0.285. The van der Waals surface area contributed by atoms with Gasteiger partial charge in [0.25, 0.3) is 11.7 Å². The van der Waals surface area contributed by atoms with Gasteiger partial charge in [-0.05, 0) is 47.4 Å². The Morgan fingerprint density at radius 3 is 2.42 bits per heavy atom. The average molecular weight is 513 g/mol. The Bertz CT molecular complexity index is 1440. The molecule has 3 aromatic carbocycles. The topological polar surface area (TPSA) is 79.3 Å². The van der Waals surface area contributed by atoms with Crippen molar-refractivity contribution >= 4 is 28.8 Å². The SMILES string of the molecule is COc1ccccc1C1/C(=C(\O)c2ccc3c(c2)N(C)CCO3)C(=O)C(=O)N1c1ccc(C(C)(C)C)cc1. The molecule has 7 heteroatoms. The van der Waals surface area contributed by atoms with Crippen molar-refractivity contribution in [3.63, 3.8) is 0 Å². The largest absolute Gasteiger partial charge is 0.507 e. The summed E-state index contributed by atoms with van der Waals surface area (Å²) in [6.45, 7) is 7.62. The molecule has 1 fully saturated rings. The summed E-state index contributed by atoms with van der Waals surface area (Å²) < 4.78 is 11.4. The molecule has 7 nitrogen and oxygen atoms in total. The normalized spacial score (nSPS) is 18.8. The minimum absolute atomic E-state index is 0.0127. The number of fused-ring (bicyclic) bond motifs is 1. The number of aliphatic hydroxyl groups is 1. The van der Waals surface area contributed by atoms with E-state index in [0.717, 1.165) is 11.3 Å². The summed E-state index contributed by atoms with van der Waals surface area (Å²) in [5.41, 5.74) is 3.45. The molecule has 2 aliphatic rings. The third kappa shape index (κ3) is 4.28. The first-order valence-corrected chi connectivity index (χ1v) is 12.6. The Morgan fingerprint density at radius 1 is 1.03 bits per heavy atom. The molecule has 1 atom stereocenters. The Kier molecular flexibility index (Phi) is 6.39. The number of para-hydroxylation sites is 1. The lowest BCUT2D eigenvalue weighted by molar-refractivity contribution is -0.132. The highest BCUT2D eigenvalue weighted by Gasteiger charge is 2.48. The van der Waals surface area contributed by atoms with Gasteiger partial charge in [-0.25, -0.2) is 0 Å². The van der Waals surface area contributed by atoms with E-state index in [0.29, 0.717) is 41.5 Å². The summed E-state index contributed by atoms with van der Waals surface area (Å²) >= 11 is 0. The Balaban J connectivity index is 1.70. The monoisotopic (exact) mass is 512 g/mol. The van der Waals surface area contributed by atoms with E-state index in [4.69, 9.17) is 9.47 Å². The van der Waals surface area contributed by atoms with Crippen molar-refractivity contribution in [3.8, 4) is 11.5 Å². The first kappa shape index (κ1) is 25.4. The Morgan fingerprint density at radius 2 is 1.74 bits per heavy atom. The molecule has 3 aromatic rings. The summed E-state index contributed by atoms with van der Waals surface area (Å²) in [5, 5.41) is 11.6. The van der Waals surface area contributed by atoms with Crippen LogP contribution in [0.4, 0.5) is 11.4 Å². The lowest BCUT2D eigenvalue weighted by Gasteiger charge is -2.29. The van der Waals surface area contributed by atoms with E-state index in [-0.39, 0.29) is 16.7 Å². The number of nitrogens with zero attached hydrogens (tertiary/aromatic N) is 2. The number of hydrogen-bond acceptors (Lipinski definition) is 6. The number of hydrogen-bond donors (Lipinski definition) is 1. The first-order valence-electron chi connectivity index (χ1n) is 12.6. The summed E-state index contributed by atoms with van der Waals surface area (Å²) in [4.78, 5) is 30.6. The zero-order chi connectivity index (χ0) is 27.2. The number of Topliss-reactive ketones (excluding diaryl/α,β-unsaturated/α-hetero) is 1. The number of aliphatic hydroxyl groups excluding tert-OH is 1. The third-order valence-electron chi connectivity index (χ3n) is 7.22. The molecule has 0 saturated carbocycles. The van der Waals surface area contributed by atoms with Crippen molar-refractivity contribution in [2.24, 2.45) is 0 Å². The lowest BCUT2D eigenvalue weighted by atomic mass is 9.87. The predicted molar refractivity (Wildman–Crippen MR) is 148 cm³/mol. The fourth-order valence-electron chi connectivity index (χ4n) is 5.06. The van der Waals surface area contributed by atoms with E-state index >= 15 is 0 Å². The van der Waals surface area contributed by atoms with Crippen LogP contribution in [0.3, 0.4) is 0 Å². The molecule has 0 spiro atoms. The number of rotatable bonds is 4. The van der Waals surface area contributed by atoms with Crippen molar-refractivity contribution in [3.05, 3.63) is 89.0 Å². The molecule has 0 aliphatic carbocycles. The third-order valence-corrected chi connectivity index (χ3v) is 7.22. The maximum Gasteiger partial charge on any atom is 0.300 e. The number of amides is 1. The molecule has 0 aromatic heterocycles. The van der Waals surface area contributed by atoms with Gasteiger partial charge in [0.1, 0.15) is 23.9 Å². The number of methoxy groups -OCH3 is 1. The van der Waals surface area contributed by atoms with Crippen molar-refractivity contribution in [1.29, 1.82) is 0 Å². The van der Waals surface area contributed by atoms with Crippen molar-refractivity contribution in [2.75, 3.05) is 37.1 Å². The van der Waals surface area contributed by atoms with Crippen LogP contribution in [0.25, 0.3) is 5.76 Å². The number of carbonyl (C=O) groups is 2. The molecule has 1 saturated heterocycles. The smallest absolute Gasteiger partial charge is 0.300 e. The van der Waals surface area contributed by atoms with E-state index in [1.807, 2.05) is 54.4 Å². The number of benzene rings is 3. The molecule has 2 heterocycles. The minimum atomic E-state index is -0.878. The van der Waals surface area contributed by atoms with Gasteiger partial charge in [0.2, 0.25) is 0 Å². The second kappa shape index (κ2) is 9.56. The second-order valence-electron chi connectivity index (χ2n) is 10.7. The highest BCUT2D eigenvalue weighted by atomic mass is 16.5. The summed E-state index contributed by atoms with van der Waals surface area (Å²) in [6, 6.07) is 19.3. The van der Waals surface area contributed by atoms with Crippen LogP contribution < -0.4 is 19.3 Å². The summed E-state index contributed by atoms with van der Waals surface area (Å²) in [7, 11) is 3.49. The first-order chi connectivity index (χ1) is 18.1. The average Bonchev–Trinajstić information content (AvgIpc) is 3.17. The molecule has 1 N–H and O–H groups in total. The fraction of sp³-hybridized carbons (Fsp3) is 0.290. The highest BCUT2D eigenvalue weighted by Crippen LogP contribution is 2.45. The van der Waals surface area contributed by atoms with Crippen LogP contribution in [0.2, 0.25) is 0 Å². The van der Waals surface area contributed by atoms with Gasteiger partial charge in [-0.3, -0.25) is 14.5 Å². The van der Waals surface area contributed by atoms with Gasteiger partial charge in [-0.2, -0.15) is 0 Å². The highest BCUT2D eigenvalue weighted by molar-refractivity contribution is 6.51. The van der Waals surface area contributed by atoms with Crippen molar-refractivity contribution in [1.82, 2.24) is 0 Å². The standard InChI is InChI=1S/C31H32N2O5/c1-31(2,3)20-11-13-21(14-12-20)33-27(22-8-6-7-9-24(22)37-5)26(29(35)30(33)36)28(34)19-10-15-25-23(18-19)32(4)16-17-38-25/h6-15,18,27,34H,16-17H2,1-5H3/b28-26+. The van der Waals surface area contributed by atoms with Crippen LogP contribution in [0.15, 0.2) is 72.3 Å². The van der Waals surface area contributed by atoms with Crippen molar-refractivity contribution in [2.45, 2.75) is 32.2 Å². The molecule has 0 radical (unpaired) electrons. The van der Waals surface area contributed by atoms with E-state index in [9.17, 15) is 14.7 Å². The molecule has 2 aliphatic heterocycles. The number of anilines is 2. The van der Waals surface area contributed by atoms with E-state index in [2.05, 4.69) is 20.8 Å². The van der Waals surface area contributed by atoms with Gasteiger partial charge in [-0.15, -0.1) is 0 Å². The van der Waals surface area contributed by atoms with Crippen LogP contribution in [0, 0.1) is 0 Å². The van der Waals surface area contributed by atoms with Crippen molar-refractivity contribution < 1.29 is 24.2 Å². The van der Waals surface area contributed by atoms with Crippen LogP contribution >= 0.6 is 0 Å².